The van der Waals surface area contributed by atoms with Crippen LogP contribution in [0, 0.1) is 0 Å². The molecular formula is C16H23NO. The summed E-state index contributed by atoms with van der Waals surface area (Å²) in [6.45, 7) is 8.22. The summed E-state index contributed by atoms with van der Waals surface area (Å²) in [4.78, 5) is 14.0. The lowest BCUT2D eigenvalue weighted by Gasteiger charge is -2.30. The number of nitrogens with zero attached hydrogens (tertiary/aromatic N) is 1. The van der Waals surface area contributed by atoms with Crippen LogP contribution in [0.3, 0.4) is 0 Å². The summed E-state index contributed by atoms with van der Waals surface area (Å²) in [6.07, 6.45) is 4.40. The van der Waals surface area contributed by atoms with E-state index in [1.165, 1.54) is 0 Å². The van der Waals surface area contributed by atoms with Gasteiger partial charge in [0.15, 0.2) is 0 Å². The van der Waals surface area contributed by atoms with Gasteiger partial charge in [-0.05, 0) is 33.3 Å². The molecule has 0 bridgehead atoms. The Bertz CT molecular complexity index is 385. The van der Waals surface area contributed by atoms with Crippen LogP contribution in [0.5, 0.6) is 0 Å². The number of amides is 1. The Morgan fingerprint density at radius 3 is 2.17 bits per heavy atom. The van der Waals surface area contributed by atoms with Gasteiger partial charge in [0.2, 0.25) is 5.91 Å². The maximum Gasteiger partial charge on any atom is 0.226 e. The van der Waals surface area contributed by atoms with Crippen LogP contribution in [-0.2, 0) is 4.79 Å². The molecule has 2 nitrogen and oxygen atoms in total. The third-order valence-corrected chi connectivity index (χ3v) is 2.80. The number of benzene rings is 1. The quantitative estimate of drug-likeness (QED) is 0.774. The van der Waals surface area contributed by atoms with Crippen molar-refractivity contribution in [2.24, 2.45) is 0 Å². The second kappa shape index (κ2) is 7.00. The summed E-state index contributed by atoms with van der Waals surface area (Å²) in [6, 6.07) is 10.5. The van der Waals surface area contributed by atoms with Gasteiger partial charge in [0, 0.05) is 18.5 Å². The Hall–Kier alpha value is -1.57. The summed E-state index contributed by atoms with van der Waals surface area (Å²) < 4.78 is 0. The molecule has 18 heavy (non-hydrogen) atoms. The van der Waals surface area contributed by atoms with Gasteiger partial charge in [-0.3, -0.25) is 4.79 Å². The smallest absolute Gasteiger partial charge is 0.226 e. The molecule has 0 aliphatic rings. The van der Waals surface area contributed by atoms with Crippen LogP contribution < -0.4 is 0 Å². The third-order valence-electron chi connectivity index (χ3n) is 2.80. The third kappa shape index (κ3) is 4.36. The van der Waals surface area contributed by atoms with Crippen molar-refractivity contribution in [1.82, 2.24) is 4.90 Å². The normalized spacial score (nSPS) is 11.4. The standard InChI is InChI=1S/C16H23NO/c1-13(2)17(14(3)4)16(18)12-8-11-15-9-6-5-7-10-15/h5-11,13-14H,12H2,1-4H3/b11-8+. The lowest BCUT2D eigenvalue weighted by Crippen LogP contribution is -2.41. The molecule has 98 valence electrons. The van der Waals surface area contributed by atoms with Gasteiger partial charge in [-0.15, -0.1) is 0 Å². The highest BCUT2D eigenvalue weighted by atomic mass is 16.2. The van der Waals surface area contributed by atoms with E-state index in [1.807, 2.05) is 47.4 Å². The van der Waals surface area contributed by atoms with Crippen molar-refractivity contribution >= 4 is 12.0 Å². The molecule has 0 spiro atoms. The molecule has 1 aromatic rings. The van der Waals surface area contributed by atoms with Crippen molar-refractivity contribution in [1.29, 1.82) is 0 Å². The number of carbonyl (C=O) groups excluding carboxylic acids is 1. The molecule has 0 aliphatic carbocycles. The van der Waals surface area contributed by atoms with Gasteiger partial charge < -0.3 is 4.90 Å². The Kier molecular flexibility index (Phi) is 5.63. The van der Waals surface area contributed by atoms with Crippen LogP contribution in [0.25, 0.3) is 6.08 Å². The van der Waals surface area contributed by atoms with Crippen LogP contribution in [0.4, 0.5) is 0 Å². The minimum Gasteiger partial charge on any atom is -0.338 e. The SMILES string of the molecule is CC(C)N(C(=O)C/C=C/c1ccccc1)C(C)C. The maximum atomic E-state index is 12.1. The van der Waals surface area contributed by atoms with E-state index < -0.39 is 0 Å². The topological polar surface area (TPSA) is 20.3 Å². The molecule has 0 atom stereocenters. The van der Waals surface area contributed by atoms with Gasteiger partial charge >= 0.3 is 0 Å². The van der Waals surface area contributed by atoms with Crippen LogP contribution in [0.15, 0.2) is 36.4 Å². The van der Waals surface area contributed by atoms with E-state index in [-0.39, 0.29) is 18.0 Å². The minimum absolute atomic E-state index is 0.187. The average molecular weight is 245 g/mol. The van der Waals surface area contributed by atoms with Crippen LogP contribution >= 0.6 is 0 Å². The number of hydrogen-bond acceptors (Lipinski definition) is 1. The summed E-state index contributed by atoms with van der Waals surface area (Å²) >= 11 is 0. The van der Waals surface area contributed by atoms with Crippen molar-refractivity contribution in [2.75, 3.05) is 0 Å². The molecule has 0 aromatic heterocycles. The molecule has 0 saturated heterocycles. The molecular weight excluding hydrogens is 222 g/mol. The predicted molar refractivity (Wildman–Crippen MR) is 77.2 cm³/mol. The molecule has 1 rings (SSSR count). The van der Waals surface area contributed by atoms with Crippen molar-refractivity contribution < 1.29 is 4.79 Å². The Morgan fingerprint density at radius 1 is 1.11 bits per heavy atom. The summed E-state index contributed by atoms with van der Waals surface area (Å²) in [5.74, 6) is 0.187. The Morgan fingerprint density at radius 2 is 1.67 bits per heavy atom. The van der Waals surface area contributed by atoms with Crippen molar-refractivity contribution in [2.45, 2.75) is 46.2 Å². The van der Waals surface area contributed by atoms with E-state index in [0.29, 0.717) is 6.42 Å². The average Bonchev–Trinajstić information content (AvgIpc) is 2.29. The first-order valence-electron chi connectivity index (χ1n) is 6.55. The second-order valence-corrected chi connectivity index (χ2v) is 5.01. The first kappa shape index (κ1) is 14.5. The molecule has 1 amide bonds. The fourth-order valence-electron chi connectivity index (χ4n) is 2.14. The zero-order valence-corrected chi connectivity index (χ0v) is 11.8. The molecule has 0 heterocycles. The fourth-order valence-corrected chi connectivity index (χ4v) is 2.14. The zero-order valence-electron chi connectivity index (χ0n) is 11.8. The maximum absolute atomic E-state index is 12.1. The largest absolute Gasteiger partial charge is 0.338 e. The molecule has 0 fully saturated rings. The van der Waals surface area contributed by atoms with Crippen LogP contribution in [0.2, 0.25) is 0 Å². The number of hydrogen-bond donors (Lipinski definition) is 0. The molecule has 0 radical (unpaired) electrons. The fraction of sp³-hybridized carbons (Fsp3) is 0.438. The molecule has 0 saturated carbocycles. The van der Waals surface area contributed by atoms with Gasteiger partial charge in [-0.1, -0.05) is 42.5 Å². The Labute approximate surface area is 110 Å². The highest BCUT2D eigenvalue weighted by molar-refractivity contribution is 5.79. The van der Waals surface area contributed by atoms with E-state index in [0.717, 1.165) is 5.56 Å². The lowest BCUT2D eigenvalue weighted by atomic mass is 10.1. The number of carbonyl (C=O) groups is 1. The zero-order chi connectivity index (χ0) is 13.5. The number of rotatable bonds is 5. The van der Waals surface area contributed by atoms with Gasteiger partial charge in [0.25, 0.3) is 0 Å². The van der Waals surface area contributed by atoms with E-state index in [2.05, 4.69) is 27.7 Å². The van der Waals surface area contributed by atoms with E-state index in [1.54, 1.807) is 0 Å². The summed E-state index contributed by atoms with van der Waals surface area (Å²) in [5.41, 5.74) is 1.13. The molecule has 0 N–H and O–H groups in total. The first-order valence-corrected chi connectivity index (χ1v) is 6.55. The van der Waals surface area contributed by atoms with Crippen molar-refractivity contribution in [3.05, 3.63) is 42.0 Å². The first-order chi connectivity index (χ1) is 8.52. The minimum atomic E-state index is 0.187. The second-order valence-electron chi connectivity index (χ2n) is 5.01. The summed E-state index contributed by atoms with van der Waals surface area (Å²) in [5, 5.41) is 0. The lowest BCUT2D eigenvalue weighted by molar-refractivity contribution is -0.133. The molecule has 2 heteroatoms. The summed E-state index contributed by atoms with van der Waals surface area (Å²) in [7, 11) is 0. The Balaban J connectivity index is 2.57. The molecule has 1 aromatic carbocycles. The predicted octanol–water partition coefficient (Wildman–Crippen LogP) is 3.74. The van der Waals surface area contributed by atoms with E-state index >= 15 is 0 Å². The van der Waals surface area contributed by atoms with Crippen LogP contribution in [0.1, 0.15) is 39.7 Å². The molecule has 0 aliphatic heterocycles. The molecule has 0 unspecified atom stereocenters. The van der Waals surface area contributed by atoms with Gasteiger partial charge in [-0.2, -0.15) is 0 Å². The van der Waals surface area contributed by atoms with Crippen molar-refractivity contribution in [3.63, 3.8) is 0 Å². The van der Waals surface area contributed by atoms with Crippen molar-refractivity contribution in [3.8, 4) is 0 Å². The van der Waals surface area contributed by atoms with E-state index in [4.69, 9.17) is 0 Å². The van der Waals surface area contributed by atoms with Gasteiger partial charge in [0.05, 0.1) is 0 Å². The monoisotopic (exact) mass is 245 g/mol. The van der Waals surface area contributed by atoms with Gasteiger partial charge in [0.1, 0.15) is 0 Å². The van der Waals surface area contributed by atoms with E-state index in [9.17, 15) is 4.79 Å². The highest BCUT2D eigenvalue weighted by Crippen LogP contribution is 2.09. The van der Waals surface area contributed by atoms with Crippen LogP contribution in [-0.4, -0.2) is 22.9 Å². The van der Waals surface area contributed by atoms with Gasteiger partial charge in [-0.25, -0.2) is 0 Å². The highest BCUT2D eigenvalue weighted by Gasteiger charge is 2.18.